The first-order valence-corrected chi connectivity index (χ1v) is 12.9. The lowest BCUT2D eigenvalue weighted by atomic mass is 9.89. The van der Waals surface area contributed by atoms with E-state index in [4.69, 9.17) is 9.16 Å². The molecular formula is C22H25NO5Si. The van der Waals surface area contributed by atoms with Gasteiger partial charge in [0.2, 0.25) is 14.4 Å². The molecule has 29 heavy (non-hydrogen) atoms. The van der Waals surface area contributed by atoms with E-state index in [2.05, 4.69) is 0 Å². The number of ether oxygens (including phenoxy) is 1. The first kappa shape index (κ1) is 20.8. The van der Waals surface area contributed by atoms with E-state index < -0.39 is 26.4 Å². The van der Waals surface area contributed by atoms with E-state index in [0.717, 1.165) is 11.1 Å². The maximum absolute atomic E-state index is 12.7. The predicted molar refractivity (Wildman–Crippen MR) is 112 cm³/mol. The highest BCUT2D eigenvalue weighted by Crippen LogP contribution is 2.41. The third kappa shape index (κ3) is 4.56. The van der Waals surface area contributed by atoms with Gasteiger partial charge in [-0.05, 0) is 56.4 Å². The molecule has 3 rings (SSSR count). The molecule has 1 aliphatic rings. The summed E-state index contributed by atoms with van der Waals surface area (Å²) in [6.45, 7) is 9.11. The summed E-state index contributed by atoms with van der Waals surface area (Å²) in [4.78, 5) is 38.0. The molecule has 0 aliphatic carbocycles. The Morgan fingerprint density at radius 2 is 1.55 bits per heavy atom. The summed E-state index contributed by atoms with van der Waals surface area (Å²) >= 11 is 0. The molecule has 0 saturated carbocycles. The smallest absolute Gasteiger partial charge is 0.324 e. The molecule has 1 fully saturated rings. The molecule has 2 atom stereocenters. The number of carbonyl (C=O) groups excluding carboxylic acids is 3. The zero-order valence-corrected chi connectivity index (χ0v) is 18.3. The van der Waals surface area contributed by atoms with Gasteiger partial charge in [-0.25, -0.2) is 4.79 Å². The molecular weight excluding hydrogens is 386 g/mol. The summed E-state index contributed by atoms with van der Waals surface area (Å²) in [5, 5.41) is 0. The highest BCUT2D eigenvalue weighted by atomic mass is 28.4. The second-order valence-electron chi connectivity index (χ2n) is 8.14. The lowest BCUT2D eigenvalue weighted by Crippen LogP contribution is -2.60. The van der Waals surface area contributed by atoms with Gasteiger partial charge in [-0.15, -0.1) is 0 Å². The molecule has 0 N–H and O–H groups in total. The van der Waals surface area contributed by atoms with Crippen LogP contribution in [0.2, 0.25) is 19.6 Å². The Hall–Kier alpha value is -2.93. The summed E-state index contributed by atoms with van der Waals surface area (Å²) in [5.74, 6) is -1.15. The van der Waals surface area contributed by atoms with Crippen LogP contribution in [-0.2, 0) is 18.8 Å². The van der Waals surface area contributed by atoms with Gasteiger partial charge >= 0.3 is 11.9 Å². The van der Waals surface area contributed by atoms with Gasteiger partial charge in [-0.3, -0.25) is 14.5 Å². The van der Waals surface area contributed by atoms with Crippen molar-refractivity contribution in [3.8, 4) is 0 Å². The van der Waals surface area contributed by atoms with Crippen molar-refractivity contribution in [2.45, 2.75) is 45.6 Å². The van der Waals surface area contributed by atoms with Crippen LogP contribution in [0.15, 0.2) is 48.5 Å². The third-order valence-corrected chi connectivity index (χ3v) is 5.34. The fraction of sp³-hybridized carbons (Fsp3) is 0.318. The number of rotatable bonds is 5. The van der Waals surface area contributed by atoms with Crippen molar-refractivity contribution < 1.29 is 23.5 Å². The van der Waals surface area contributed by atoms with E-state index in [1.807, 2.05) is 50.8 Å². The SMILES string of the molecule is CC(=O)O[C@@H]1C(=O)N(c2ccc(C(=O)O[Si](C)(C)C)cc2)[C@H]1c1ccc(C)cc1. The summed E-state index contributed by atoms with van der Waals surface area (Å²) in [7, 11) is -1.99. The molecule has 0 unspecified atom stereocenters. The van der Waals surface area contributed by atoms with Gasteiger partial charge in [0, 0.05) is 12.6 Å². The number of β-lactam (4-membered cyclic amide) rings is 1. The molecule has 1 amide bonds. The molecule has 1 heterocycles. The Kier molecular flexibility index (Phi) is 5.61. The van der Waals surface area contributed by atoms with Crippen LogP contribution in [0.4, 0.5) is 5.69 Å². The minimum absolute atomic E-state index is 0.289. The standard InChI is InChI=1S/C22H25NO5Si/c1-14-6-8-16(9-7-14)19-20(27-15(2)24)21(25)23(19)18-12-10-17(11-13-18)22(26)28-29(3,4)5/h6-13,19-20H,1-5H3/t19-,20-/m0/s1. The second-order valence-corrected chi connectivity index (χ2v) is 12.6. The lowest BCUT2D eigenvalue weighted by molar-refractivity contribution is -0.160. The summed E-state index contributed by atoms with van der Waals surface area (Å²) in [6, 6.07) is 14.1. The Morgan fingerprint density at radius 3 is 2.07 bits per heavy atom. The van der Waals surface area contributed by atoms with Crippen molar-refractivity contribution in [2.24, 2.45) is 0 Å². The minimum Gasteiger partial charge on any atom is -0.516 e. The van der Waals surface area contributed by atoms with E-state index in [1.165, 1.54) is 6.92 Å². The van der Waals surface area contributed by atoms with Crippen molar-refractivity contribution >= 4 is 31.9 Å². The first-order chi connectivity index (χ1) is 13.6. The van der Waals surface area contributed by atoms with Gasteiger partial charge in [0.05, 0.1) is 5.56 Å². The van der Waals surface area contributed by atoms with Crippen LogP contribution in [0.3, 0.4) is 0 Å². The molecule has 0 spiro atoms. The molecule has 0 aromatic heterocycles. The molecule has 0 radical (unpaired) electrons. The Bertz CT molecular complexity index is 931. The van der Waals surface area contributed by atoms with Gasteiger partial charge < -0.3 is 9.16 Å². The largest absolute Gasteiger partial charge is 0.516 e. The quantitative estimate of drug-likeness (QED) is 0.422. The normalized spacial score (nSPS) is 18.8. The van der Waals surface area contributed by atoms with E-state index in [1.54, 1.807) is 29.2 Å². The topological polar surface area (TPSA) is 72.9 Å². The van der Waals surface area contributed by atoms with Crippen LogP contribution >= 0.6 is 0 Å². The van der Waals surface area contributed by atoms with E-state index in [0.29, 0.717) is 11.3 Å². The number of aryl methyl sites for hydroxylation is 1. The lowest BCUT2D eigenvalue weighted by Gasteiger charge is -2.46. The van der Waals surface area contributed by atoms with Crippen LogP contribution in [0, 0.1) is 6.92 Å². The van der Waals surface area contributed by atoms with Crippen LogP contribution in [0.25, 0.3) is 0 Å². The highest BCUT2D eigenvalue weighted by molar-refractivity contribution is 6.71. The average molecular weight is 412 g/mol. The van der Waals surface area contributed by atoms with Gasteiger partial charge in [0.25, 0.3) is 5.91 Å². The molecule has 2 aromatic carbocycles. The third-order valence-electron chi connectivity index (χ3n) is 4.54. The monoisotopic (exact) mass is 411 g/mol. The van der Waals surface area contributed by atoms with Crippen molar-refractivity contribution in [1.82, 2.24) is 0 Å². The summed E-state index contributed by atoms with van der Waals surface area (Å²) in [6.07, 6.45) is -0.855. The van der Waals surface area contributed by atoms with Crippen LogP contribution in [0.1, 0.15) is 34.5 Å². The van der Waals surface area contributed by atoms with Gasteiger partial charge in [0.15, 0.2) is 0 Å². The van der Waals surface area contributed by atoms with E-state index in [9.17, 15) is 14.4 Å². The average Bonchev–Trinajstić information content (AvgIpc) is 2.64. The molecule has 6 nitrogen and oxygen atoms in total. The number of amides is 1. The van der Waals surface area contributed by atoms with Crippen LogP contribution in [0.5, 0.6) is 0 Å². The van der Waals surface area contributed by atoms with E-state index in [-0.39, 0.29) is 11.9 Å². The fourth-order valence-electron chi connectivity index (χ4n) is 3.23. The number of benzene rings is 2. The first-order valence-electron chi connectivity index (χ1n) is 9.47. The minimum atomic E-state index is -1.99. The second kappa shape index (κ2) is 7.83. The molecule has 7 heteroatoms. The van der Waals surface area contributed by atoms with Gasteiger partial charge in [-0.1, -0.05) is 29.8 Å². The van der Waals surface area contributed by atoms with Crippen molar-refractivity contribution in [3.63, 3.8) is 0 Å². The van der Waals surface area contributed by atoms with E-state index >= 15 is 0 Å². The summed E-state index contributed by atoms with van der Waals surface area (Å²) < 4.78 is 10.8. The molecule has 2 aromatic rings. The molecule has 0 bridgehead atoms. The van der Waals surface area contributed by atoms with Crippen LogP contribution in [-0.4, -0.2) is 32.3 Å². The van der Waals surface area contributed by atoms with Gasteiger partial charge in [0.1, 0.15) is 6.04 Å². The number of carbonyl (C=O) groups is 3. The zero-order chi connectivity index (χ0) is 21.3. The van der Waals surface area contributed by atoms with Crippen molar-refractivity contribution in [3.05, 3.63) is 65.2 Å². The Morgan fingerprint density at radius 1 is 0.966 bits per heavy atom. The maximum atomic E-state index is 12.7. The maximum Gasteiger partial charge on any atom is 0.324 e. The molecule has 1 saturated heterocycles. The number of nitrogens with zero attached hydrogens (tertiary/aromatic N) is 1. The molecule has 152 valence electrons. The predicted octanol–water partition coefficient (Wildman–Crippen LogP) is 4.01. The Balaban J connectivity index is 1.87. The number of hydrogen-bond acceptors (Lipinski definition) is 5. The highest BCUT2D eigenvalue weighted by Gasteiger charge is 2.51. The number of esters is 1. The zero-order valence-electron chi connectivity index (χ0n) is 17.3. The fourth-order valence-corrected chi connectivity index (χ4v) is 3.90. The van der Waals surface area contributed by atoms with Crippen molar-refractivity contribution in [2.75, 3.05) is 4.90 Å². The van der Waals surface area contributed by atoms with Gasteiger partial charge in [-0.2, -0.15) is 0 Å². The summed E-state index contributed by atoms with van der Waals surface area (Å²) in [5.41, 5.74) is 3.05. The molecule has 1 aliphatic heterocycles. The number of hydrogen-bond donors (Lipinski definition) is 0. The number of anilines is 1. The van der Waals surface area contributed by atoms with Crippen LogP contribution < -0.4 is 4.90 Å². The van der Waals surface area contributed by atoms with Crippen molar-refractivity contribution in [1.29, 1.82) is 0 Å². The Labute approximate surface area is 171 Å².